The SMILES string of the molecule is CCOC(=O)CCN(CCCOC(C)C)C(=O)c1ccc2c(c1)OCO2. The smallest absolute Gasteiger partial charge is 0.307 e. The molecule has 7 nitrogen and oxygen atoms in total. The van der Waals surface area contributed by atoms with Crippen LogP contribution < -0.4 is 9.47 Å². The zero-order valence-corrected chi connectivity index (χ0v) is 15.7. The number of esters is 1. The Morgan fingerprint density at radius 2 is 1.96 bits per heavy atom. The molecule has 1 aromatic rings. The molecule has 1 heterocycles. The number of carbonyl (C=O) groups excluding carboxylic acids is 2. The second-order valence-electron chi connectivity index (χ2n) is 6.19. The van der Waals surface area contributed by atoms with Gasteiger partial charge in [-0.1, -0.05) is 0 Å². The van der Waals surface area contributed by atoms with E-state index in [0.29, 0.717) is 49.8 Å². The van der Waals surface area contributed by atoms with Crippen LogP contribution >= 0.6 is 0 Å². The average Bonchev–Trinajstić information content (AvgIpc) is 3.08. The van der Waals surface area contributed by atoms with Gasteiger partial charge >= 0.3 is 5.97 Å². The van der Waals surface area contributed by atoms with Gasteiger partial charge in [0.25, 0.3) is 5.91 Å². The summed E-state index contributed by atoms with van der Waals surface area (Å²) in [4.78, 5) is 26.2. The first-order valence-corrected chi connectivity index (χ1v) is 8.97. The number of benzene rings is 1. The quantitative estimate of drug-likeness (QED) is 0.469. The Morgan fingerprint density at radius 1 is 1.19 bits per heavy atom. The summed E-state index contributed by atoms with van der Waals surface area (Å²) < 4.78 is 21.1. The van der Waals surface area contributed by atoms with Crippen molar-refractivity contribution in [1.82, 2.24) is 4.90 Å². The molecular weight excluding hydrogens is 338 g/mol. The molecule has 0 saturated heterocycles. The molecule has 1 aliphatic heterocycles. The summed E-state index contributed by atoms with van der Waals surface area (Å²) >= 11 is 0. The Hall–Kier alpha value is -2.28. The minimum atomic E-state index is -0.311. The number of amides is 1. The van der Waals surface area contributed by atoms with E-state index in [4.69, 9.17) is 18.9 Å². The predicted molar refractivity (Wildman–Crippen MR) is 95.4 cm³/mol. The van der Waals surface area contributed by atoms with E-state index in [1.807, 2.05) is 13.8 Å². The molecule has 144 valence electrons. The summed E-state index contributed by atoms with van der Waals surface area (Å²) in [6, 6.07) is 5.10. The lowest BCUT2D eigenvalue weighted by atomic mass is 10.1. The number of ether oxygens (including phenoxy) is 4. The zero-order chi connectivity index (χ0) is 18.9. The fraction of sp³-hybridized carbons (Fsp3) is 0.579. The molecule has 0 spiro atoms. The molecule has 7 heteroatoms. The van der Waals surface area contributed by atoms with Crippen molar-refractivity contribution in [3.05, 3.63) is 23.8 Å². The van der Waals surface area contributed by atoms with E-state index in [1.165, 1.54) is 0 Å². The van der Waals surface area contributed by atoms with Gasteiger partial charge in [0, 0.05) is 25.3 Å². The van der Waals surface area contributed by atoms with Gasteiger partial charge in [0.15, 0.2) is 11.5 Å². The van der Waals surface area contributed by atoms with Gasteiger partial charge in [-0.25, -0.2) is 0 Å². The Morgan fingerprint density at radius 3 is 2.69 bits per heavy atom. The van der Waals surface area contributed by atoms with Crippen LogP contribution in [0, 0.1) is 0 Å². The summed E-state index contributed by atoms with van der Waals surface area (Å²) in [5, 5.41) is 0. The minimum absolute atomic E-state index is 0.146. The first-order valence-electron chi connectivity index (χ1n) is 8.97. The second-order valence-corrected chi connectivity index (χ2v) is 6.19. The van der Waals surface area contributed by atoms with Crippen molar-refractivity contribution in [3.63, 3.8) is 0 Å². The van der Waals surface area contributed by atoms with Crippen LogP contribution in [0.25, 0.3) is 0 Å². The molecule has 0 fully saturated rings. The Kier molecular flexibility index (Phi) is 7.72. The third-order valence-electron chi connectivity index (χ3n) is 3.82. The first-order chi connectivity index (χ1) is 12.5. The maximum Gasteiger partial charge on any atom is 0.307 e. The van der Waals surface area contributed by atoms with Gasteiger partial charge in [-0.05, 0) is 45.4 Å². The molecule has 0 N–H and O–H groups in total. The van der Waals surface area contributed by atoms with E-state index >= 15 is 0 Å². The predicted octanol–water partition coefficient (Wildman–Crippen LogP) is 2.63. The third-order valence-corrected chi connectivity index (χ3v) is 3.82. The van der Waals surface area contributed by atoms with Gasteiger partial charge in [-0.2, -0.15) is 0 Å². The Balaban J connectivity index is 2.00. The third kappa shape index (κ3) is 5.91. The van der Waals surface area contributed by atoms with Crippen LogP contribution in [-0.4, -0.2) is 56.0 Å². The standard InChI is InChI=1S/C19H27NO6/c1-4-23-18(21)8-10-20(9-5-11-24-14(2)3)19(22)15-6-7-16-17(12-15)26-13-25-16/h6-7,12,14H,4-5,8-11,13H2,1-3H3. The largest absolute Gasteiger partial charge is 0.466 e. The van der Waals surface area contributed by atoms with Gasteiger partial charge in [0.1, 0.15) is 0 Å². The fourth-order valence-electron chi connectivity index (χ4n) is 2.56. The number of nitrogens with zero attached hydrogens (tertiary/aromatic N) is 1. The van der Waals surface area contributed by atoms with Crippen LogP contribution in [0.3, 0.4) is 0 Å². The normalized spacial score (nSPS) is 12.3. The molecule has 0 saturated carbocycles. The number of hydrogen-bond acceptors (Lipinski definition) is 6. The molecule has 0 bridgehead atoms. The van der Waals surface area contributed by atoms with E-state index < -0.39 is 0 Å². The van der Waals surface area contributed by atoms with Crippen molar-refractivity contribution in [2.45, 2.75) is 39.7 Å². The number of carbonyl (C=O) groups is 2. The van der Waals surface area contributed by atoms with E-state index in [0.717, 1.165) is 0 Å². The summed E-state index contributed by atoms with van der Waals surface area (Å²) in [5.41, 5.74) is 0.503. The Labute approximate surface area is 154 Å². The number of hydrogen-bond donors (Lipinski definition) is 0. The molecule has 0 aliphatic carbocycles. The highest BCUT2D eigenvalue weighted by Crippen LogP contribution is 2.32. The van der Waals surface area contributed by atoms with E-state index in [9.17, 15) is 9.59 Å². The van der Waals surface area contributed by atoms with Gasteiger partial charge in [-0.15, -0.1) is 0 Å². The minimum Gasteiger partial charge on any atom is -0.466 e. The highest BCUT2D eigenvalue weighted by molar-refractivity contribution is 5.95. The molecule has 1 aliphatic rings. The monoisotopic (exact) mass is 365 g/mol. The van der Waals surface area contributed by atoms with Crippen molar-refractivity contribution < 1.29 is 28.5 Å². The lowest BCUT2D eigenvalue weighted by Gasteiger charge is -2.23. The van der Waals surface area contributed by atoms with Crippen LogP contribution in [0.1, 0.15) is 44.0 Å². The summed E-state index contributed by atoms with van der Waals surface area (Å²) in [6.07, 6.45) is 1.000. The molecular formula is C19H27NO6. The van der Waals surface area contributed by atoms with Crippen molar-refractivity contribution in [1.29, 1.82) is 0 Å². The first kappa shape index (κ1) is 20.0. The Bertz CT molecular complexity index is 616. The van der Waals surface area contributed by atoms with E-state index in [-0.39, 0.29) is 31.2 Å². The fourth-order valence-corrected chi connectivity index (χ4v) is 2.56. The van der Waals surface area contributed by atoms with Crippen LogP contribution in [0.15, 0.2) is 18.2 Å². The highest BCUT2D eigenvalue weighted by Gasteiger charge is 2.21. The molecule has 0 atom stereocenters. The van der Waals surface area contributed by atoms with Crippen LogP contribution in [-0.2, 0) is 14.3 Å². The van der Waals surface area contributed by atoms with Crippen LogP contribution in [0.5, 0.6) is 11.5 Å². The lowest BCUT2D eigenvalue weighted by Crippen LogP contribution is -2.34. The van der Waals surface area contributed by atoms with Crippen molar-refractivity contribution in [2.75, 3.05) is 33.1 Å². The second kappa shape index (κ2) is 10.0. The summed E-state index contributed by atoms with van der Waals surface area (Å²) in [6.45, 7) is 7.54. The zero-order valence-electron chi connectivity index (χ0n) is 15.7. The lowest BCUT2D eigenvalue weighted by molar-refractivity contribution is -0.143. The molecule has 1 aromatic carbocycles. The van der Waals surface area contributed by atoms with Gasteiger partial charge < -0.3 is 23.8 Å². The van der Waals surface area contributed by atoms with Crippen molar-refractivity contribution >= 4 is 11.9 Å². The van der Waals surface area contributed by atoms with Gasteiger partial charge in [0.05, 0.1) is 19.1 Å². The maximum atomic E-state index is 12.9. The molecule has 0 unspecified atom stereocenters. The number of rotatable bonds is 10. The molecule has 0 radical (unpaired) electrons. The molecule has 1 amide bonds. The van der Waals surface area contributed by atoms with E-state index in [2.05, 4.69) is 0 Å². The molecule has 2 rings (SSSR count). The molecule has 0 aromatic heterocycles. The molecule has 26 heavy (non-hydrogen) atoms. The van der Waals surface area contributed by atoms with Crippen molar-refractivity contribution in [2.24, 2.45) is 0 Å². The van der Waals surface area contributed by atoms with Gasteiger partial charge in [-0.3, -0.25) is 9.59 Å². The highest BCUT2D eigenvalue weighted by atomic mass is 16.7. The van der Waals surface area contributed by atoms with Crippen LogP contribution in [0.4, 0.5) is 0 Å². The topological polar surface area (TPSA) is 74.3 Å². The summed E-state index contributed by atoms with van der Waals surface area (Å²) in [5.74, 6) is 0.723. The van der Waals surface area contributed by atoms with E-state index in [1.54, 1.807) is 30.0 Å². The average molecular weight is 365 g/mol. The number of fused-ring (bicyclic) bond motifs is 1. The maximum absolute atomic E-state index is 12.9. The summed E-state index contributed by atoms with van der Waals surface area (Å²) in [7, 11) is 0. The van der Waals surface area contributed by atoms with Gasteiger partial charge in [0.2, 0.25) is 6.79 Å². The van der Waals surface area contributed by atoms with Crippen LogP contribution in [0.2, 0.25) is 0 Å². The van der Waals surface area contributed by atoms with Crippen molar-refractivity contribution in [3.8, 4) is 11.5 Å².